The number of amides is 1. The van der Waals surface area contributed by atoms with E-state index in [4.69, 9.17) is 5.11 Å². The van der Waals surface area contributed by atoms with Gasteiger partial charge in [0.15, 0.2) is 0 Å². The number of carboxylic acid groups (broad SMARTS) is 1. The molecule has 3 aliphatic rings. The van der Waals surface area contributed by atoms with E-state index in [1.54, 1.807) is 0 Å². The molecule has 3 atom stereocenters. The van der Waals surface area contributed by atoms with Crippen LogP contribution in [0.4, 0.5) is 13.2 Å². The van der Waals surface area contributed by atoms with E-state index in [-0.39, 0.29) is 0 Å². The summed E-state index contributed by atoms with van der Waals surface area (Å²) in [5.41, 5.74) is 0. The highest BCUT2D eigenvalue weighted by Crippen LogP contribution is 2.43. The summed E-state index contributed by atoms with van der Waals surface area (Å²) in [7, 11) is 0. The molecule has 3 rings (SSSR count). The van der Waals surface area contributed by atoms with Crippen molar-refractivity contribution in [3.63, 3.8) is 0 Å². The minimum Gasteiger partial charge on any atom is -0.481 e. The van der Waals surface area contributed by atoms with E-state index in [1.807, 2.05) is 0 Å². The molecule has 4 nitrogen and oxygen atoms in total. The van der Waals surface area contributed by atoms with Gasteiger partial charge in [-0.1, -0.05) is 0 Å². The van der Waals surface area contributed by atoms with Gasteiger partial charge in [0.1, 0.15) is 0 Å². The summed E-state index contributed by atoms with van der Waals surface area (Å²) in [6, 6.07) is -1.19. The molecular formula is C9H10F3NO3. The number of halogens is 3. The fraction of sp³-hybridized carbons (Fsp3) is 0.778. The lowest BCUT2D eigenvalue weighted by Crippen LogP contribution is -2.67. The third kappa shape index (κ3) is 1.54. The average Bonchev–Trinajstić information content (AvgIpc) is 2.15. The van der Waals surface area contributed by atoms with E-state index in [0.717, 1.165) is 0 Å². The van der Waals surface area contributed by atoms with Gasteiger partial charge in [-0.25, -0.2) is 0 Å². The standard InChI is InChI=1S/C9H10F3NO3/c10-9(11,12)8(16)13-4-1-2-5(7(14)15)6(13)3-4/h4-6H,1-3H2,(H,14,15)/t4-,5-,6-/m1/s1. The minimum absolute atomic E-state index is 0.343. The number of carboxylic acids is 1. The van der Waals surface area contributed by atoms with Gasteiger partial charge in [-0.05, 0) is 19.3 Å². The van der Waals surface area contributed by atoms with Gasteiger partial charge in [-0.15, -0.1) is 0 Å². The third-order valence-corrected chi connectivity index (χ3v) is 3.33. The smallest absolute Gasteiger partial charge is 0.471 e. The quantitative estimate of drug-likeness (QED) is 0.740. The summed E-state index contributed by atoms with van der Waals surface area (Å²) in [6.07, 6.45) is -3.84. The van der Waals surface area contributed by atoms with Crippen molar-refractivity contribution in [2.45, 2.75) is 37.5 Å². The summed E-state index contributed by atoms with van der Waals surface area (Å²) >= 11 is 0. The molecule has 2 bridgehead atoms. The van der Waals surface area contributed by atoms with Crippen LogP contribution in [0.3, 0.4) is 0 Å². The first-order valence-corrected chi connectivity index (χ1v) is 4.94. The fourth-order valence-electron chi connectivity index (χ4n) is 2.57. The number of hydrogen-bond donors (Lipinski definition) is 1. The SMILES string of the molecule is O=C(O)[C@@H]1CC[C@@H]2C[C@H]1N2C(=O)C(F)(F)F. The Morgan fingerprint density at radius 1 is 1.25 bits per heavy atom. The van der Waals surface area contributed by atoms with E-state index in [1.165, 1.54) is 0 Å². The number of carbonyl (C=O) groups is 2. The Morgan fingerprint density at radius 3 is 2.31 bits per heavy atom. The maximum Gasteiger partial charge on any atom is 0.471 e. The van der Waals surface area contributed by atoms with Crippen molar-refractivity contribution in [2.75, 3.05) is 0 Å². The van der Waals surface area contributed by atoms with Crippen LogP contribution in [0.2, 0.25) is 0 Å². The highest BCUT2D eigenvalue weighted by Gasteiger charge is 2.57. The lowest BCUT2D eigenvalue weighted by Gasteiger charge is -2.55. The Hall–Kier alpha value is -1.27. The molecule has 1 saturated carbocycles. The first-order chi connectivity index (χ1) is 7.32. The van der Waals surface area contributed by atoms with Crippen molar-refractivity contribution in [2.24, 2.45) is 5.92 Å². The van der Waals surface area contributed by atoms with Crippen LogP contribution in [0.15, 0.2) is 0 Å². The number of hydrogen-bond acceptors (Lipinski definition) is 2. The van der Waals surface area contributed by atoms with E-state index in [2.05, 4.69) is 0 Å². The first-order valence-electron chi connectivity index (χ1n) is 4.94. The minimum atomic E-state index is -4.91. The monoisotopic (exact) mass is 237 g/mol. The maximum absolute atomic E-state index is 12.2. The summed E-state index contributed by atoms with van der Waals surface area (Å²) in [5, 5.41) is 8.82. The van der Waals surface area contributed by atoms with Crippen molar-refractivity contribution < 1.29 is 27.9 Å². The Kier molecular flexibility index (Phi) is 2.36. The van der Waals surface area contributed by atoms with Crippen molar-refractivity contribution in [1.82, 2.24) is 4.90 Å². The lowest BCUT2D eigenvalue weighted by atomic mass is 9.72. The second kappa shape index (κ2) is 3.36. The van der Waals surface area contributed by atoms with E-state index in [9.17, 15) is 22.8 Å². The van der Waals surface area contributed by atoms with Gasteiger partial charge in [-0.3, -0.25) is 9.59 Å². The predicted molar refractivity (Wildman–Crippen MR) is 45.5 cm³/mol. The number of carbonyl (C=O) groups excluding carboxylic acids is 1. The molecular weight excluding hydrogens is 227 g/mol. The van der Waals surface area contributed by atoms with Gasteiger partial charge in [0.25, 0.3) is 0 Å². The average molecular weight is 237 g/mol. The molecule has 2 heterocycles. The van der Waals surface area contributed by atoms with Crippen LogP contribution < -0.4 is 0 Å². The van der Waals surface area contributed by atoms with E-state index < -0.39 is 36.1 Å². The lowest BCUT2D eigenvalue weighted by molar-refractivity contribution is -0.207. The number of piperidine rings is 1. The van der Waals surface area contributed by atoms with Gasteiger partial charge in [0.05, 0.1) is 5.92 Å². The second-order valence-electron chi connectivity index (χ2n) is 4.19. The second-order valence-corrected chi connectivity index (χ2v) is 4.19. The summed E-state index contributed by atoms with van der Waals surface area (Å²) in [4.78, 5) is 22.5. The molecule has 1 N–H and O–H groups in total. The molecule has 1 amide bonds. The largest absolute Gasteiger partial charge is 0.481 e. The van der Waals surface area contributed by atoms with Crippen molar-refractivity contribution in [1.29, 1.82) is 0 Å². The van der Waals surface area contributed by atoms with Gasteiger partial charge in [0.2, 0.25) is 0 Å². The fourth-order valence-corrected chi connectivity index (χ4v) is 2.57. The van der Waals surface area contributed by atoms with Crippen molar-refractivity contribution >= 4 is 11.9 Å². The normalized spacial score (nSPS) is 33.2. The number of nitrogens with zero attached hydrogens (tertiary/aromatic N) is 1. The van der Waals surface area contributed by atoms with Crippen LogP contribution in [0, 0.1) is 5.92 Å². The molecule has 16 heavy (non-hydrogen) atoms. The predicted octanol–water partition coefficient (Wildman–Crippen LogP) is 1.01. The number of rotatable bonds is 1. The number of alkyl halides is 3. The van der Waals surface area contributed by atoms with Crippen LogP contribution in [-0.2, 0) is 9.59 Å². The van der Waals surface area contributed by atoms with E-state index >= 15 is 0 Å². The van der Waals surface area contributed by atoms with Gasteiger partial charge in [-0.2, -0.15) is 13.2 Å². The highest BCUT2D eigenvalue weighted by molar-refractivity contribution is 5.84. The molecule has 2 saturated heterocycles. The Balaban J connectivity index is 2.14. The summed E-state index contributed by atoms with van der Waals surface area (Å²) in [5.74, 6) is -3.88. The molecule has 0 aromatic heterocycles. The molecule has 7 heteroatoms. The molecule has 0 spiro atoms. The highest BCUT2D eigenvalue weighted by atomic mass is 19.4. The zero-order valence-corrected chi connectivity index (χ0v) is 8.20. The molecule has 2 aliphatic heterocycles. The molecule has 0 aromatic carbocycles. The Morgan fingerprint density at radius 2 is 1.88 bits per heavy atom. The zero-order valence-electron chi connectivity index (χ0n) is 8.20. The van der Waals surface area contributed by atoms with Crippen LogP contribution in [-0.4, -0.2) is 40.1 Å². The van der Waals surface area contributed by atoms with Crippen molar-refractivity contribution in [3.05, 3.63) is 0 Å². The van der Waals surface area contributed by atoms with Crippen LogP contribution in [0.25, 0.3) is 0 Å². The first kappa shape index (κ1) is 11.2. The third-order valence-electron chi connectivity index (χ3n) is 3.33. The Labute approximate surface area is 89.0 Å². The Bertz CT molecular complexity index is 339. The zero-order chi connectivity index (χ0) is 12.1. The van der Waals surface area contributed by atoms with Gasteiger partial charge < -0.3 is 10.0 Å². The number of aliphatic carboxylic acids is 1. The van der Waals surface area contributed by atoms with Gasteiger partial charge in [0, 0.05) is 12.1 Å². The molecule has 0 aromatic rings. The van der Waals surface area contributed by atoms with Gasteiger partial charge >= 0.3 is 18.1 Å². The molecule has 3 fully saturated rings. The number of fused-ring (bicyclic) bond motifs is 2. The molecule has 0 radical (unpaired) electrons. The van der Waals surface area contributed by atoms with E-state index in [0.29, 0.717) is 24.2 Å². The topological polar surface area (TPSA) is 57.6 Å². The van der Waals surface area contributed by atoms with Crippen LogP contribution in [0.5, 0.6) is 0 Å². The summed E-state index contributed by atoms with van der Waals surface area (Å²) in [6.45, 7) is 0. The molecule has 90 valence electrons. The van der Waals surface area contributed by atoms with Crippen molar-refractivity contribution in [3.8, 4) is 0 Å². The molecule has 1 aliphatic carbocycles. The summed E-state index contributed by atoms with van der Waals surface area (Å²) < 4.78 is 36.7. The van der Waals surface area contributed by atoms with Crippen LogP contribution >= 0.6 is 0 Å². The van der Waals surface area contributed by atoms with Crippen LogP contribution in [0.1, 0.15) is 19.3 Å². The molecule has 0 unspecified atom stereocenters. The maximum atomic E-state index is 12.2.